The largest absolute Gasteiger partial charge is 0.366 e. The summed E-state index contributed by atoms with van der Waals surface area (Å²) in [5.41, 5.74) is 20.0. The van der Waals surface area contributed by atoms with E-state index in [0.717, 1.165) is 45.7 Å². The number of benzene rings is 2. The van der Waals surface area contributed by atoms with E-state index in [1.165, 1.54) is 0 Å². The van der Waals surface area contributed by atoms with Crippen LogP contribution < -0.4 is 5.73 Å². The van der Waals surface area contributed by atoms with E-state index in [9.17, 15) is 4.79 Å². The summed E-state index contributed by atoms with van der Waals surface area (Å²) in [5.74, 6) is 0.500. The van der Waals surface area contributed by atoms with Crippen molar-refractivity contribution in [1.82, 2.24) is 9.55 Å². The summed E-state index contributed by atoms with van der Waals surface area (Å²) in [7, 11) is 0. The first-order valence-corrected chi connectivity index (χ1v) is 8.89. The highest BCUT2D eigenvalue weighted by Crippen LogP contribution is 2.29. The number of rotatable bonds is 6. The minimum Gasteiger partial charge on any atom is -0.366 e. The van der Waals surface area contributed by atoms with E-state index in [1.807, 2.05) is 44.2 Å². The fraction of sp³-hybridized carbons (Fsp3) is 0.300. The van der Waals surface area contributed by atoms with Crippen LogP contribution in [0, 0.1) is 13.8 Å². The van der Waals surface area contributed by atoms with Crippen LogP contribution in [0.4, 0.5) is 0 Å². The zero-order valence-corrected chi connectivity index (χ0v) is 15.7. The average Bonchev–Trinajstić information content (AvgIpc) is 3.01. The molecule has 138 valence electrons. The van der Waals surface area contributed by atoms with Crippen molar-refractivity contribution < 1.29 is 4.79 Å². The average molecular weight is 362 g/mol. The lowest BCUT2D eigenvalue weighted by Gasteiger charge is -2.11. The number of carbonyl (C=O) groups excluding carboxylic acids is 1. The first kappa shape index (κ1) is 18.5. The number of fused-ring (bicyclic) bond motifs is 1. The van der Waals surface area contributed by atoms with Gasteiger partial charge >= 0.3 is 0 Å². The van der Waals surface area contributed by atoms with Crippen LogP contribution in [0.15, 0.2) is 35.4 Å². The fourth-order valence-electron chi connectivity index (χ4n) is 3.52. The Balaban J connectivity index is 2.13. The Labute approximate surface area is 157 Å². The van der Waals surface area contributed by atoms with Crippen molar-refractivity contribution in [2.24, 2.45) is 10.8 Å². The van der Waals surface area contributed by atoms with Crippen LogP contribution >= 0.6 is 0 Å². The van der Waals surface area contributed by atoms with Gasteiger partial charge in [-0.3, -0.25) is 9.36 Å². The van der Waals surface area contributed by atoms with E-state index in [-0.39, 0.29) is 0 Å². The molecule has 0 aliphatic rings. The molecule has 2 aromatic carbocycles. The number of imidazole rings is 1. The number of hydrogen-bond donors (Lipinski definition) is 1. The number of hydrogen-bond acceptors (Lipinski definition) is 3. The zero-order chi connectivity index (χ0) is 19.6. The highest BCUT2D eigenvalue weighted by Gasteiger charge is 2.19. The smallest absolute Gasteiger partial charge is 0.249 e. The maximum absolute atomic E-state index is 11.8. The second-order valence-corrected chi connectivity index (χ2v) is 6.51. The molecule has 0 spiro atoms. The Hall–Kier alpha value is -3.31. The molecule has 1 amide bonds. The maximum Gasteiger partial charge on any atom is 0.249 e. The van der Waals surface area contributed by atoms with Crippen LogP contribution in [0.5, 0.6) is 0 Å². The van der Waals surface area contributed by atoms with Gasteiger partial charge in [-0.25, -0.2) is 4.98 Å². The molecule has 0 atom stereocenters. The molecule has 2 N–H and O–H groups in total. The van der Waals surface area contributed by atoms with E-state index in [0.29, 0.717) is 18.5 Å². The van der Waals surface area contributed by atoms with Crippen molar-refractivity contribution in [3.05, 3.63) is 68.9 Å². The fourth-order valence-corrected chi connectivity index (χ4v) is 3.52. The molecule has 0 aliphatic carbocycles. The Morgan fingerprint density at radius 1 is 1.30 bits per heavy atom. The summed E-state index contributed by atoms with van der Waals surface area (Å²) in [6.45, 7) is 6.29. The van der Waals surface area contributed by atoms with Crippen LogP contribution in [0.3, 0.4) is 0 Å². The number of amides is 1. The highest BCUT2D eigenvalue weighted by molar-refractivity contribution is 6.01. The topological polar surface area (TPSA) is 110 Å². The molecule has 0 aliphatic heterocycles. The third-order valence-electron chi connectivity index (χ3n) is 4.78. The van der Waals surface area contributed by atoms with E-state index in [2.05, 4.69) is 21.5 Å². The van der Waals surface area contributed by atoms with Gasteiger partial charge in [0.25, 0.3) is 0 Å². The summed E-state index contributed by atoms with van der Waals surface area (Å²) in [4.78, 5) is 19.4. The maximum atomic E-state index is 11.8. The number of aromatic nitrogens is 2. The predicted octanol–water partition coefficient (Wildman–Crippen LogP) is 4.16. The van der Waals surface area contributed by atoms with Gasteiger partial charge in [-0.05, 0) is 60.7 Å². The van der Waals surface area contributed by atoms with Crippen molar-refractivity contribution in [1.29, 1.82) is 0 Å². The molecule has 0 fully saturated rings. The summed E-state index contributed by atoms with van der Waals surface area (Å²) < 4.78 is 2.12. The Morgan fingerprint density at radius 2 is 2.00 bits per heavy atom. The zero-order valence-electron chi connectivity index (χ0n) is 15.7. The molecule has 3 rings (SSSR count). The van der Waals surface area contributed by atoms with Gasteiger partial charge in [-0.2, -0.15) is 0 Å². The molecule has 3 aromatic rings. The molecule has 1 aromatic heterocycles. The van der Waals surface area contributed by atoms with Crippen molar-refractivity contribution in [3.8, 4) is 5.69 Å². The number of primary amides is 1. The van der Waals surface area contributed by atoms with E-state index in [1.54, 1.807) is 0 Å². The van der Waals surface area contributed by atoms with Crippen LogP contribution in [-0.4, -0.2) is 22.0 Å². The predicted molar refractivity (Wildman–Crippen MR) is 106 cm³/mol. The van der Waals surface area contributed by atoms with Gasteiger partial charge in [0.2, 0.25) is 5.91 Å². The lowest BCUT2D eigenvalue weighted by Crippen LogP contribution is -2.14. The third-order valence-corrected chi connectivity index (χ3v) is 4.78. The quantitative estimate of drug-likeness (QED) is 0.403. The lowest BCUT2D eigenvalue weighted by molar-refractivity contribution is 0.0999. The summed E-state index contributed by atoms with van der Waals surface area (Å²) >= 11 is 0. The highest BCUT2D eigenvalue weighted by atomic mass is 16.1. The first-order chi connectivity index (χ1) is 13.0. The van der Waals surface area contributed by atoms with Crippen LogP contribution in [0.2, 0.25) is 0 Å². The molecule has 0 unspecified atom stereocenters. The van der Waals surface area contributed by atoms with E-state index >= 15 is 0 Å². The standard InChI is InChI=1S/C20H22N6O/c1-4-17-24-19-13(3)18(20(21)27)12(2)11-16(19)26(17)15-7-5-14(6-8-15)9-10-23-25-22/h5-8,11H,4,9-10H2,1-3H3,(H2,21,27). The minimum absolute atomic E-state index is 0.427. The number of azide groups is 1. The SMILES string of the molecule is CCc1nc2c(C)c(C(N)=O)c(C)cc2n1-c1ccc(CCN=[N+]=[N-])cc1. The molecule has 0 saturated carbocycles. The molecule has 0 saturated heterocycles. The molecule has 27 heavy (non-hydrogen) atoms. The number of aryl methyl sites for hydroxylation is 3. The minimum atomic E-state index is -0.427. The normalized spacial score (nSPS) is 10.8. The van der Waals surface area contributed by atoms with Gasteiger partial charge in [-0.15, -0.1) is 0 Å². The monoisotopic (exact) mass is 362 g/mol. The Kier molecular flexibility index (Phi) is 5.14. The van der Waals surface area contributed by atoms with Crippen molar-refractivity contribution in [2.45, 2.75) is 33.6 Å². The first-order valence-electron chi connectivity index (χ1n) is 8.89. The van der Waals surface area contributed by atoms with Gasteiger partial charge in [0.05, 0.1) is 11.0 Å². The van der Waals surface area contributed by atoms with Crippen LogP contribution in [0.1, 0.15) is 39.8 Å². The van der Waals surface area contributed by atoms with Crippen molar-refractivity contribution in [3.63, 3.8) is 0 Å². The van der Waals surface area contributed by atoms with Crippen molar-refractivity contribution >= 4 is 16.9 Å². The molecule has 0 bridgehead atoms. The Morgan fingerprint density at radius 3 is 2.59 bits per heavy atom. The van der Waals surface area contributed by atoms with Crippen LogP contribution in [-0.2, 0) is 12.8 Å². The van der Waals surface area contributed by atoms with E-state index < -0.39 is 5.91 Å². The molecule has 7 nitrogen and oxygen atoms in total. The molecule has 0 radical (unpaired) electrons. The number of nitrogens with two attached hydrogens (primary N) is 1. The molecule has 1 heterocycles. The van der Waals surface area contributed by atoms with Gasteiger partial charge < -0.3 is 5.73 Å². The second kappa shape index (κ2) is 7.51. The van der Waals surface area contributed by atoms with Gasteiger partial charge in [0, 0.05) is 29.1 Å². The summed E-state index contributed by atoms with van der Waals surface area (Å²) in [5, 5.41) is 3.58. The third kappa shape index (κ3) is 3.37. The summed E-state index contributed by atoms with van der Waals surface area (Å²) in [6, 6.07) is 10.1. The molecular formula is C20H22N6O. The van der Waals surface area contributed by atoms with Crippen LogP contribution in [0.25, 0.3) is 27.2 Å². The van der Waals surface area contributed by atoms with E-state index in [4.69, 9.17) is 16.2 Å². The molecular weight excluding hydrogens is 340 g/mol. The number of nitrogens with zero attached hydrogens (tertiary/aromatic N) is 5. The van der Waals surface area contributed by atoms with Gasteiger partial charge in [0.1, 0.15) is 5.82 Å². The molecule has 7 heteroatoms. The second-order valence-electron chi connectivity index (χ2n) is 6.51. The van der Waals surface area contributed by atoms with Gasteiger partial charge in [0.15, 0.2) is 0 Å². The van der Waals surface area contributed by atoms with Gasteiger partial charge in [-0.1, -0.05) is 24.2 Å². The lowest BCUT2D eigenvalue weighted by atomic mass is 10.0. The number of carbonyl (C=O) groups is 1. The Bertz CT molecular complexity index is 1060. The van der Waals surface area contributed by atoms with Crippen molar-refractivity contribution in [2.75, 3.05) is 6.54 Å². The summed E-state index contributed by atoms with van der Waals surface area (Å²) in [6.07, 6.45) is 1.47.